The predicted molar refractivity (Wildman–Crippen MR) is 62.1 cm³/mol. The highest BCUT2D eigenvalue weighted by Crippen LogP contribution is 2.55. The molecule has 1 aliphatic carbocycles. The van der Waals surface area contributed by atoms with E-state index in [1.807, 2.05) is 0 Å². The summed E-state index contributed by atoms with van der Waals surface area (Å²) in [5, 5.41) is 0. The Morgan fingerprint density at radius 2 is 2.14 bits per heavy atom. The first-order valence-electron chi connectivity index (χ1n) is 5.21. The Labute approximate surface area is 91.3 Å². The van der Waals surface area contributed by atoms with Crippen molar-refractivity contribution in [1.29, 1.82) is 0 Å². The number of halogens is 1. The fraction of sp³-hybridized carbons (Fsp3) is 0.538. The van der Waals surface area contributed by atoms with E-state index in [1.165, 1.54) is 23.1 Å². The summed E-state index contributed by atoms with van der Waals surface area (Å²) in [4.78, 5) is 0. The van der Waals surface area contributed by atoms with E-state index in [0.717, 1.165) is 5.88 Å². The molecule has 1 aromatic carbocycles. The van der Waals surface area contributed by atoms with Gasteiger partial charge >= 0.3 is 0 Å². The lowest BCUT2D eigenvalue weighted by Crippen LogP contribution is -2.07. The molecule has 0 radical (unpaired) electrons. The average molecular weight is 209 g/mol. The van der Waals surface area contributed by atoms with Crippen molar-refractivity contribution in [2.75, 3.05) is 5.88 Å². The van der Waals surface area contributed by atoms with Gasteiger partial charge in [-0.2, -0.15) is 0 Å². The molecule has 1 heteroatoms. The number of alkyl halides is 1. The van der Waals surface area contributed by atoms with Crippen molar-refractivity contribution >= 4 is 11.6 Å². The highest BCUT2D eigenvalue weighted by atomic mass is 35.5. The number of benzene rings is 1. The highest BCUT2D eigenvalue weighted by Gasteiger charge is 2.50. The van der Waals surface area contributed by atoms with Crippen molar-refractivity contribution in [2.24, 2.45) is 5.92 Å². The van der Waals surface area contributed by atoms with Gasteiger partial charge in [-0.05, 0) is 42.7 Å². The Morgan fingerprint density at radius 1 is 1.43 bits per heavy atom. The lowest BCUT2D eigenvalue weighted by Gasteiger charge is -2.15. The molecule has 0 N–H and O–H groups in total. The third-order valence-corrected chi connectivity index (χ3v) is 3.98. The normalized spacial score (nSPS) is 30.4. The van der Waals surface area contributed by atoms with Gasteiger partial charge in [0.1, 0.15) is 0 Å². The van der Waals surface area contributed by atoms with Crippen LogP contribution in [0.25, 0.3) is 0 Å². The minimum absolute atomic E-state index is 0.359. The molecule has 2 atom stereocenters. The summed E-state index contributed by atoms with van der Waals surface area (Å²) in [6.07, 6.45) is 1.25. The molecule has 1 fully saturated rings. The SMILES string of the molecule is Cc1ccc(C)c(C2(C)CC2CCl)c1. The molecule has 0 heterocycles. The van der Waals surface area contributed by atoms with E-state index >= 15 is 0 Å². The maximum Gasteiger partial charge on any atom is 0.0260 e. The van der Waals surface area contributed by atoms with Crippen LogP contribution in [0, 0.1) is 19.8 Å². The lowest BCUT2D eigenvalue weighted by molar-refractivity contribution is 0.699. The molecule has 76 valence electrons. The number of hydrogen-bond donors (Lipinski definition) is 0. The molecular weight excluding hydrogens is 192 g/mol. The van der Waals surface area contributed by atoms with Gasteiger partial charge in [-0.3, -0.25) is 0 Å². The number of hydrogen-bond acceptors (Lipinski definition) is 0. The zero-order chi connectivity index (χ0) is 10.3. The van der Waals surface area contributed by atoms with Gasteiger partial charge in [0.15, 0.2) is 0 Å². The highest BCUT2D eigenvalue weighted by molar-refractivity contribution is 6.18. The van der Waals surface area contributed by atoms with Crippen LogP contribution in [-0.4, -0.2) is 5.88 Å². The molecule has 0 aromatic heterocycles. The number of aryl methyl sites for hydroxylation is 2. The van der Waals surface area contributed by atoms with E-state index in [1.54, 1.807) is 0 Å². The van der Waals surface area contributed by atoms with Gasteiger partial charge in [-0.1, -0.05) is 30.7 Å². The molecule has 0 spiro atoms. The molecule has 2 rings (SSSR count). The van der Waals surface area contributed by atoms with Crippen molar-refractivity contribution in [3.8, 4) is 0 Å². The second-order valence-corrected chi connectivity index (χ2v) is 5.10. The second-order valence-electron chi connectivity index (χ2n) is 4.79. The third-order valence-electron chi connectivity index (χ3n) is 3.61. The van der Waals surface area contributed by atoms with Gasteiger partial charge in [0.2, 0.25) is 0 Å². The van der Waals surface area contributed by atoms with E-state index in [-0.39, 0.29) is 0 Å². The number of rotatable bonds is 2. The van der Waals surface area contributed by atoms with E-state index in [0.29, 0.717) is 11.3 Å². The maximum atomic E-state index is 5.93. The van der Waals surface area contributed by atoms with Crippen LogP contribution in [0.4, 0.5) is 0 Å². The van der Waals surface area contributed by atoms with Crippen LogP contribution in [0.5, 0.6) is 0 Å². The Morgan fingerprint density at radius 3 is 2.71 bits per heavy atom. The van der Waals surface area contributed by atoms with E-state index in [2.05, 4.69) is 39.0 Å². The van der Waals surface area contributed by atoms with Crippen molar-refractivity contribution in [1.82, 2.24) is 0 Å². The van der Waals surface area contributed by atoms with Crippen molar-refractivity contribution in [2.45, 2.75) is 32.6 Å². The second kappa shape index (κ2) is 3.27. The summed E-state index contributed by atoms with van der Waals surface area (Å²) in [6, 6.07) is 6.72. The summed E-state index contributed by atoms with van der Waals surface area (Å²) in [5.74, 6) is 1.48. The molecule has 0 bridgehead atoms. The average Bonchev–Trinajstić information content (AvgIpc) is 2.83. The monoisotopic (exact) mass is 208 g/mol. The molecule has 1 aromatic rings. The zero-order valence-electron chi connectivity index (χ0n) is 9.10. The van der Waals surface area contributed by atoms with E-state index in [4.69, 9.17) is 11.6 Å². The Kier molecular flexibility index (Phi) is 2.35. The zero-order valence-corrected chi connectivity index (χ0v) is 9.86. The molecule has 0 aliphatic heterocycles. The van der Waals surface area contributed by atoms with Crippen LogP contribution in [0.2, 0.25) is 0 Å². The largest absolute Gasteiger partial charge is 0.126 e. The van der Waals surface area contributed by atoms with Crippen LogP contribution in [0.3, 0.4) is 0 Å². The standard InChI is InChI=1S/C13H17Cl/c1-9-4-5-10(2)12(6-9)13(3)7-11(13)8-14/h4-6,11H,7-8H2,1-3H3. The van der Waals surface area contributed by atoms with Gasteiger partial charge < -0.3 is 0 Å². The molecule has 0 amide bonds. The quantitative estimate of drug-likeness (QED) is 0.649. The first kappa shape index (κ1) is 10.0. The Hall–Kier alpha value is -0.490. The molecule has 0 nitrogen and oxygen atoms in total. The topological polar surface area (TPSA) is 0 Å². The summed E-state index contributed by atoms with van der Waals surface area (Å²) < 4.78 is 0. The lowest BCUT2D eigenvalue weighted by atomic mass is 9.90. The summed E-state index contributed by atoms with van der Waals surface area (Å²) in [6.45, 7) is 6.69. The molecular formula is C13H17Cl. The fourth-order valence-corrected chi connectivity index (χ4v) is 2.81. The Balaban J connectivity index is 2.38. The van der Waals surface area contributed by atoms with Crippen molar-refractivity contribution in [3.05, 3.63) is 34.9 Å². The van der Waals surface area contributed by atoms with Crippen LogP contribution in [-0.2, 0) is 5.41 Å². The summed E-state index contributed by atoms with van der Waals surface area (Å²) in [7, 11) is 0. The molecule has 14 heavy (non-hydrogen) atoms. The van der Waals surface area contributed by atoms with Crippen molar-refractivity contribution in [3.63, 3.8) is 0 Å². The van der Waals surface area contributed by atoms with Gasteiger partial charge in [0, 0.05) is 5.88 Å². The van der Waals surface area contributed by atoms with Gasteiger partial charge in [-0.15, -0.1) is 11.6 Å². The summed E-state index contributed by atoms with van der Waals surface area (Å²) >= 11 is 5.93. The first-order chi connectivity index (χ1) is 6.58. The minimum atomic E-state index is 0.359. The predicted octanol–water partition coefficient (Wildman–Crippen LogP) is 3.82. The Bertz CT molecular complexity index is 356. The van der Waals surface area contributed by atoms with Gasteiger partial charge in [0.05, 0.1) is 0 Å². The van der Waals surface area contributed by atoms with Crippen LogP contribution in [0.1, 0.15) is 30.0 Å². The van der Waals surface area contributed by atoms with Gasteiger partial charge in [0.25, 0.3) is 0 Å². The van der Waals surface area contributed by atoms with Crippen molar-refractivity contribution < 1.29 is 0 Å². The fourth-order valence-electron chi connectivity index (χ4n) is 2.36. The molecule has 1 saturated carbocycles. The maximum absolute atomic E-state index is 5.93. The third kappa shape index (κ3) is 1.46. The first-order valence-corrected chi connectivity index (χ1v) is 5.75. The van der Waals surface area contributed by atoms with Crippen LogP contribution >= 0.6 is 11.6 Å². The molecule has 2 unspecified atom stereocenters. The van der Waals surface area contributed by atoms with Gasteiger partial charge in [-0.25, -0.2) is 0 Å². The van der Waals surface area contributed by atoms with E-state index in [9.17, 15) is 0 Å². The van der Waals surface area contributed by atoms with Crippen LogP contribution in [0.15, 0.2) is 18.2 Å². The summed E-state index contributed by atoms with van der Waals surface area (Å²) in [5.41, 5.74) is 4.62. The minimum Gasteiger partial charge on any atom is -0.126 e. The molecule has 1 aliphatic rings. The molecule has 0 saturated heterocycles. The smallest absolute Gasteiger partial charge is 0.0260 e. The van der Waals surface area contributed by atoms with Crippen LogP contribution < -0.4 is 0 Å². The van der Waals surface area contributed by atoms with E-state index < -0.39 is 0 Å².